The van der Waals surface area contributed by atoms with Crippen LogP contribution in [0.4, 0.5) is 13.2 Å². The monoisotopic (exact) mass is 470 g/mol. The number of halogens is 3. The predicted octanol–water partition coefficient (Wildman–Crippen LogP) is 5.72. The smallest absolute Gasteiger partial charge is 0.416 e. The van der Waals surface area contributed by atoms with Crippen molar-refractivity contribution in [3.63, 3.8) is 0 Å². The Morgan fingerprint density at radius 1 is 1.15 bits per heavy atom. The first-order valence-corrected chi connectivity index (χ1v) is 10.4. The number of aryl methyl sites for hydroxylation is 1. The lowest BCUT2D eigenvalue weighted by Crippen LogP contribution is -2.11. The molecule has 0 radical (unpaired) electrons. The molecule has 2 heterocycles. The van der Waals surface area contributed by atoms with Gasteiger partial charge in [0.25, 0.3) is 0 Å². The summed E-state index contributed by atoms with van der Waals surface area (Å²) in [5, 5.41) is 11.1. The normalized spacial score (nSPS) is 11.6. The van der Waals surface area contributed by atoms with Crippen LogP contribution in [0.25, 0.3) is 22.0 Å². The van der Waals surface area contributed by atoms with Crippen LogP contribution in [0.15, 0.2) is 60.9 Å². The van der Waals surface area contributed by atoms with Crippen molar-refractivity contribution in [1.29, 1.82) is 0 Å². The largest absolute Gasteiger partial charge is 0.507 e. The van der Waals surface area contributed by atoms with Crippen LogP contribution in [0.2, 0.25) is 0 Å². The molecular formula is C25H21F3N2O4. The Morgan fingerprint density at radius 3 is 2.62 bits per heavy atom. The van der Waals surface area contributed by atoms with Crippen LogP contribution < -0.4 is 4.74 Å². The van der Waals surface area contributed by atoms with Gasteiger partial charge in [-0.1, -0.05) is 12.1 Å². The molecule has 0 aliphatic heterocycles. The van der Waals surface area contributed by atoms with Crippen LogP contribution >= 0.6 is 0 Å². The number of hydrogen-bond donors (Lipinski definition) is 1. The molecule has 0 bridgehead atoms. The highest BCUT2D eigenvalue weighted by Gasteiger charge is 2.31. The van der Waals surface area contributed by atoms with Crippen LogP contribution in [0.1, 0.15) is 28.5 Å². The summed E-state index contributed by atoms with van der Waals surface area (Å²) in [6, 6.07) is 11.2. The highest BCUT2D eigenvalue weighted by molar-refractivity contribution is 6.07. The molecule has 0 aliphatic carbocycles. The molecule has 0 amide bonds. The third kappa shape index (κ3) is 4.41. The second-order valence-corrected chi connectivity index (χ2v) is 7.54. The van der Waals surface area contributed by atoms with Gasteiger partial charge in [0.2, 0.25) is 0 Å². The van der Waals surface area contributed by atoms with Crippen molar-refractivity contribution in [3.05, 3.63) is 77.7 Å². The molecule has 2 aromatic heterocycles. The van der Waals surface area contributed by atoms with Gasteiger partial charge in [0.1, 0.15) is 18.1 Å². The third-order valence-corrected chi connectivity index (χ3v) is 5.43. The Labute approximate surface area is 193 Å². The summed E-state index contributed by atoms with van der Waals surface area (Å²) in [5.41, 5.74) is 1.55. The summed E-state index contributed by atoms with van der Waals surface area (Å²) >= 11 is 0. The van der Waals surface area contributed by atoms with Crippen molar-refractivity contribution < 1.29 is 32.5 Å². The fourth-order valence-electron chi connectivity index (χ4n) is 3.79. The van der Waals surface area contributed by atoms with Gasteiger partial charge >= 0.3 is 12.1 Å². The second kappa shape index (κ2) is 9.09. The van der Waals surface area contributed by atoms with Gasteiger partial charge in [-0.05, 0) is 43.3 Å². The Hall–Kier alpha value is -4.01. The van der Waals surface area contributed by atoms with E-state index < -0.39 is 17.7 Å². The van der Waals surface area contributed by atoms with Crippen molar-refractivity contribution in [2.24, 2.45) is 7.05 Å². The van der Waals surface area contributed by atoms with Gasteiger partial charge in [-0.3, -0.25) is 4.98 Å². The number of benzene rings is 2. The van der Waals surface area contributed by atoms with E-state index in [2.05, 4.69) is 4.98 Å². The molecule has 0 aliphatic rings. The van der Waals surface area contributed by atoms with E-state index in [0.717, 1.165) is 12.1 Å². The number of carbonyl (C=O) groups is 1. The first-order chi connectivity index (χ1) is 16.2. The zero-order chi connectivity index (χ0) is 24.5. The minimum Gasteiger partial charge on any atom is -0.507 e. The molecule has 0 fully saturated rings. The molecule has 4 rings (SSSR count). The molecule has 0 saturated carbocycles. The van der Waals surface area contributed by atoms with Crippen LogP contribution in [0, 0.1) is 0 Å². The average Bonchev–Trinajstić information content (AvgIpc) is 3.08. The summed E-state index contributed by atoms with van der Waals surface area (Å²) in [4.78, 5) is 16.9. The van der Waals surface area contributed by atoms with E-state index in [0.29, 0.717) is 27.7 Å². The Bertz CT molecular complexity index is 1350. The molecule has 9 heteroatoms. The minimum absolute atomic E-state index is 0.00814. The molecule has 0 unspecified atom stereocenters. The summed E-state index contributed by atoms with van der Waals surface area (Å²) in [6.07, 6.45) is -1.28. The standard InChI is InChI=1S/C25H21F3N2O4/c1-3-33-24(32)23-19-12-22(31)18(15-6-5-9-29-13-15)11-20(19)30(2)21(23)14-34-17-8-4-7-16(10-17)25(26,27)28/h4-13,31H,3,14H2,1-2H3. The zero-order valence-corrected chi connectivity index (χ0v) is 18.4. The number of hydrogen-bond acceptors (Lipinski definition) is 5. The van der Waals surface area contributed by atoms with E-state index in [1.807, 2.05) is 0 Å². The van der Waals surface area contributed by atoms with E-state index in [4.69, 9.17) is 9.47 Å². The number of alkyl halides is 3. The number of phenols is 1. The van der Waals surface area contributed by atoms with Crippen molar-refractivity contribution in [2.45, 2.75) is 19.7 Å². The van der Waals surface area contributed by atoms with Crippen LogP contribution in [-0.4, -0.2) is 27.2 Å². The van der Waals surface area contributed by atoms with Gasteiger partial charge in [0.05, 0.1) is 23.4 Å². The van der Waals surface area contributed by atoms with Crippen LogP contribution in [0.3, 0.4) is 0 Å². The van der Waals surface area contributed by atoms with E-state index in [-0.39, 0.29) is 30.3 Å². The van der Waals surface area contributed by atoms with Gasteiger partial charge in [0.15, 0.2) is 0 Å². The number of esters is 1. The number of ether oxygens (including phenoxy) is 2. The molecule has 176 valence electrons. The SMILES string of the molecule is CCOC(=O)c1c(COc2cccc(C(F)(F)F)c2)n(C)c2cc(-c3cccnc3)c(O)cc12. The van der Waals surface area contributed by atoms with Crippen molar-refractivity contribution in [2.75, 3.05) is 6.61 Å². The summed E-state index contributed by atoms with van der Waals surface area (Å²) in [7, 11) is 1.71. The van der Waals surface area contributed by atoms with Gasteiger partial charge < -0.3 is 19.1 Å². The van der Waals surface area contributed by atoms with Gasteiger partial charge in [-0.2, -0.15) is 13.2 Å². The van der Waals surface area contributed by atoms with Gasteiger partial charge in [-0.25, -0.2) is 4.79 Å². The lowest BCUT2D eigenvalue weighted by molar-refractivity contribution is -0.137. The van der Waals surface area contributed by atoms with Gasteiger partial charge in [-0.15, -0.1) is 0 Å². The van der Waals surface area contributed by atoms with E-state index >= 15 is 0 Å². The molecule has 0 spiro atoms. The van der Waals surface area contributed by atoms with Crippen molar-refractivity contribution in [1.82, 2.24) is 9.55 Å². The summed E-state index contributed by atoms with van der Waals surface area (Å²) in [5.74, 6) is -0.667. The molecule has 2 aromatic carbocycles. The number of aromatic hydroxyl groups is 1. The number of pyridine rings is 1. The highest BCUT2D eigenvalue weighted by atomic mass is 19.4. The Kier molecular flexibility index (Phi) is 6.19. The average molecular weight is 470 g/mol. The maximum atomic E-state index is 13.1. The lowest BCUT2D eigenvalue weighted by Gasteiger charge is -2.12. The molecule has 4 aromatic rings. The fraction of sp³-hybridized carbons (Fsp3) is 0.200. The second-order valence-electron chi connectivity index (χ2n) is 7.54. The number of carbonyl (C=O) groups excluding carboxylic acids is 1. The topological polar surface area (TPSA) is 73.6 Å². The maximum Gasteiger partial charge on any atom is 0.416 e. The number of aromatic nitrogens is 2. The number of rotatable bonds is 6. The minimum atomic E-state index is -4.50. The number of fused-ring (bicyclic) bond motifs is 1. The lowest BCUT2D eigenvalue weighted by atomic mass is 10.0. The van der Waals surface area contributed by atoms with E-state index in [9.17, 15) is 23.1 Å². The van der Waals surface area contributed by atoms with Crippen molar-refractivity contribution >= 4 is 16.9 Å². The molecule has 0 atom stereocenters. The highest BCUT2D eigenvalue weighted by Crippen LogP contribution is 2.37. The Morgan fingerprint density at radius 2 is 1.94 bits per heavy atom. The molecule has 34 heavy (non-hydrogen) atoms. The number of phenolic OH excluding ortho intramolecular Hbond substituents is 1. The third-order valence-electron chi connectivity index (χ3n) is 5.43. The van der Waals surface area contributed by atoms with Crippen molar-refractivity contribution in [3.8, 4) is 22.6 Å². The Balaban J connectivity index is 1.80. The quantitative estimate of drug-likeness (QED) is 0.365. The zero-order valence-electron chi connectivity index (χ0n) is 18.4. The molecule has 6 nitrogen and oxygen atoms in total. The number of nitrogens with zero attached hydrogens (tertiary/aromatic N) is 2. The predicted molar refractivity (Wildman–Crippen MR) is 120 cm³/mol. The van der Waals surface area contributed by atoms with E-state index in [1.165, 1.54) is 18.2 Å². The molecule has 1 N–H and O–H groups in total. The van der Waals surface area contributed by atoms with Gasteiger partial charge in [0, 0.05) is 41.5 Å². The summed E-state index contributed by atoms with van der Waals surface area (Å²) < 4.78 is 51.7. The molecule has 0 saturated heterocycles. The first kappa shape index (κ1) is 23.2. The van der Waals surface area contributed by atoms with E-state index in [1.54, 1.807) is 49.1 Å². The molecular weight excluding hydrogens is 449 g/mol. The maximum absolute atomic E-state index is 13.1. The fourth-order valence-corrected chi connectivity index (χ4v) is 3.79. The first-order valence-electron chi connectivity index (χ1n) is 10.4. The van der Waals surface area contributed by atoms with Crippen LogP contribution in [0.5, 0.6) is 11.5 Å². The summed E-state index contributed by atoms with van der Waals surface area (Å²) in [6.45, 7) is 1.60. The van der Waals surface area contributed by atoms with Crippen LogP contribution in [-0.2, 0) is 24.6 Å².